The van der Waals surface area contributed by atoms with Crippen molar-refractivity contribution in [2.24, 2.45) is 0 Å². The van der Waals surface area contributed by atoms with E-state index in [2.05, 4.69) is 10.3 Å². The van der Waals surface area contributed by atoms with E-state index in [1.807, 2.05) is 6.07 Å². The number of aliphatic hydroxyl groups excluding tert-OH is 1. The van der Waals surface area contributed by atoms with Gasteiger partial charge in [-0.05, 0) is 17.2 Å². The molecule has 0 amide bonds. The molecule has 1 aromatic heterocycles. The molecule has 0 aromatic carbocycles. The molecule has 2 N–H and O–H groups in total. The summed E-state index contributed by atoms with van der Waals surface area (Å²) >= 11 is 0. The molecule has 0 radical (unpaired) electrons. The van der Waals surface area contributed by atoms with Crippen LogP contribution in [0.3, 0.4) is 0 Å². The van der Waals surface area contributed by atoms with Gasteiger partial charge in [-0.15, -0.1) is 0 Å². The molecule has 11 heavy (non-hydrogen) atoms. The van der Waals surface area contributed by atoms with Gasteiger partial charge in [0.25, 0.3) is 0 Å². The van der Waals surface area contributed by atoms with Gasteiger partial charge < -0.3 is 10.4 Å². The van der Waals surface area contributed by atoms with Crippen molar-refractivity contribution in [3.05, 3.63) is 29.6 Å². The molecule has 2 rings (SSSR count). The van der Waals surface area contributed by atoms with E-state index in [4.69, 9.17) is 0 Å². The Balaban J connectivity index is 2.44. The fourth-order valence-corrected chi connectivity index (χ4v) is 1.36. The minimum absolute atomic E-state index is 0.359. The zero-order chi connectivity index (χ0) is 7.68. The molecule has 3 nitrogen and oxygen atoms in total. The number of fused-ring (bicyclic) bond motifs is 1. The Morgan fingerprint density at radius 1 is 1.64 bits per heavy atom. The van der Waals surface area contributed by atoms with Gasteiger partial charge >= 0.3 is 0 Å². The Kier molecular flexibility index (Phi) is 1.60. The molecule has 58 valence electrons. The van der Waals surface area contributed by atoms with Gasteiger partial charge in [-0.3, -0.25) is 4.98 Å². The molecule has 1 aliphatic heterocycles. The second-order valence-corrected chi connectivity index (χ2v) is 2.72. The predicted octanol–water partition coefficient (Wildman–Crippen LogP) is 0.218. The Morgan fingerprint density at radius 3 is 3.36 bits per heavy atom. The van der Waals surface area contributed by atoms with Crippen LogP contribution in [-0.4, -0.2) is 16.6 Å². The molecular weight excluding hydrogens is 140 g/mol. The largest absolute Gasteiger partial charge is 0.387 e. The number of β-amino-alcohol motifs (C(OH)–C–C–N with tert-alkyl or cyclic N) is 1. The van der Waals surface area contributed by atoms with E-state index in [9.17, 15) is 5.11 Å². The number of pyridine rings is 1. The minimum atomic E-state index is -0.359. The summed E-state index contributed by atoms with van der Waals surface area (Å²) in [6, 6.07) is 1.88. The quantitative estimate of drug-likeness (QED) is 0.556. The maximum absolute atomic E-state index is 9.47. The molecule has 0 bridgehead atoms. The van der Waals surface area contributed by atoms with E-state index in [0.717, 1.165) is 17.7 Å². The molecule has 0 saturated carbocycles. The lowest BCUT2D eigenvalue weighted by Gasteiger charge is -2.21. The summed E-state index contributed by atoms with van der Waals surface area (Å²) in [6.07, 6.45) is 3.15. The first-order valence-electron chi connectivity index (χ1n) is 3.69. The molecule has 0 spiro atoms. The van der Waals surface area contributed by atoms with E-state index in [0.29, 0.717) is 6.54 Å². The van der Waals surface area contributed by atoms with E-state index in [1.165, 1.54) is 0 Å². The van der Waals surface area contributed by atoms with Crippen molar-refractivity contribution in [2.75, 3.05) is 6.54 Å². The highest BCUT2D eigenvalue weighted by atomic mass is 16.3. The van der Waals surface area contributed by atoms with E-state index in [1.54, 1.807) is 12.4 Å². The first-order valence-corrected chi connectivity index (χ1v) is 3.69. The molecule has 0 saturated heterocycles. The summed E-state index contributed by atoms with van der Waals surface area (Å²) in [5, 5.41) is 12.6. The summed E-state index contributed by atoms with van der Waals surface area (Å²) in [5.74, 6) is 0. The zero-order valence-corrected chi connectivity index (χ0v) is 6.12. The summed E-state index contributed by atoms with van der Waals surface area (Å²) in [6.45, 7) is 1.47. The highest BCUT2D eigenvalue weighted by molar-refractivity contribution is 5.27. The van der Waals surface area contributed by atoms with Gasteiger partial charge in [0.1, 0.15) is 0 Å². The highest BCUT2D eigenvalue weighted by Gasteiger charge is 2.15. The number of aromatic nitrogens is 1. The third-order valence-corrected chi connectivity index (χ3v) is 1.95. The van der Waals surface area contributed by atoms with Gasteiger partial charge in [-0.1, -0.05) is 0 Å². The molecule has 0 fully saturated rings. The Bertz CT molecular complexity index is 262. The highest BCUT2D eigenvalue weighted by Crippen LogP contribution is 2.19. The van der Waals surface area contributed by atoms with Crippen LogP contribution >= 0.6 is 0 Å². The van der Waals surface area contributed by atoms with Gasteiger partial charge in [0.05, 0.1) is 6.10 Å². The fourth-order valence-electron chi connectivity index (χ4n) is 1.36. The smallest absolute Gasteiger partial charge is 0.0918 e. The number of aliphatic hydroxyl groups is 1. The van der Waals surface area contributed by atoms with Crippen LogP contribution in [-0.2, 0) is 6.54 Å². The average molecular weight is 150 g/mol. The Labute approximate surface area is 65.1 Å². The van der Waals surface area contributed by atoms with Crippen molar-refractivity contribution in [1.29, 1.82) is 0 Å². The summed E-state index contributed by atoms with van der Waals surface area (Å²) in [7, 11) is 0. The lowest BCUT2D eigenvalue weighted by atomic mass is 10.0. The second kappa shape index (κ2) is 2.60. The van der Waals surface area contributed by atoms with Crippen LogP contribution in [0.4, 0.5) is 0 Å². The van der Waals surface area contributed by atoms with Gasteiger partial charge in [0.15, 0.2) is 0 Å². The Morgan fingerprint density at radius 2 is 2.55 bits per heavy atom. The summed E-state index contributed by atoms with van der Waals surface area (Å²) in [5.41, 5.74) is 2.12. The minimum Gasteiger partial charge on any atom is -0.387 e. The van der Waals surface area contributed by atoms with Gasteiger partial charge in [-0.25, -0.2) is 0 Å². The zero-order valence-electron chi connectivity index (χ0n) is 6.12. The first-order chi connectivity index (χ1) is 5.38. The molecule has 1 aromatic rings. The van der Waals surface area contributed by atoms with Crippen molar-refractivity contribution in [3.63, 3.8) is 0 Å². The van der Waals surface area contributed by atoms with Crippen LogP contribution < -0.4 is 5.32 Å². The number of hydrogen-bond donors (Lipinski definition) is 2. The van der Waals surface area contributed by atoms with E-state index in [-0.39, 0.29) is 6.10 Å². The van der Waals surface area contributed by atoms with E-state index >= 15 is 0 Å². The third kappa shape index (κ3) is 1.13. The van der Waals surface area contributed by atoms with Crippen molar-refractivity contribution < 1.29 is 5.11 Å². The molecule has 1 atom stereocenters. The van der Waals surface area contributed by atoms with Crippen molar-refractivity contribution in [3.8, 4) is 0 Å². The fraction of sp³-hybridized carbons (Fsp3) is 0.375. The molecule has 1 aliphatic rings. The van der Waals surface area contributed by atoms with Gasteiger partial charge in [0.2, 0.25) is 0 Å². The number of rotatable bonds is 0. The predicted molar refractivity (Wildman–Crippen MR) is 40.9 cm³/mol. The van der Waals surface area contributed by atoms with Crippen molar-refractivity contribution >= 4 is 0 Å². The lowest BCUT2D eigenvalue weighted by Crippen LogP contribution is -2.27. The van der Waals surface area contributed by atoms with Crippen LogP contribution in [0.25, 0.3) is 0 Å². The first kappa shape index (κ1) is 6.76. The van der Waals surface area contributed by atoms with Gasteiger partial charge in [-0.2, -0.15) is 0 Å². The standard InChI is InChI=1S/C8H10N2O/c11-8-5-10-4-6-3-9-2-1-7(6)8/h1-3,8,10-11H,4-5H2. The SMILES string of the molecule is OC1CNCc2cnccc21. The number of nitrogens with one attached hydrogen (secondary N) is 1. The average Bonchev–Trinajstić information content (AvgIpc) is 2.06. The van der Waals surface area contributed by atoms with E-state index < -0.39 is 0 Å². The normalized spacial score (nSPS) is 22.8. The third-order valence-electron chi connectivity index (χ3n) is 1.95. The van der Waals surface area contributed by atoms with Crippen LogP contribution in [0.5, 0.6) is 0 Å². The molecule has 3 heteroatoms. The number of hydrogen-bond acceptors (Lipinski definition) is 3. The molecular formula is C8H10N2O. The maximum atomic E-state index is 9.47. The second-order valence-electron chi connectivity index (χ2n) is 2.72. The van der Waals surface area contributed by atoms with Crippen LogP contribution in [0.15, 0.2) is 18.5 Å². The Hall–Kier alpha value is -0.930. The monoisotopic (exact) mass is 150 g/mol. The van der Waals surface area contributed by atoms with Gasteiger partial charge in [0, 0.05) is 25.5 Å². The molecule has 1 unspecified atom stereocenters. The topological polar surface area (TPSA) is 45.1 Å². The maximum Gasteiger partial charge on any atom is 0.0918 e. The molecule has 0 aliphatic carbocycles. The molecule has 2 heterocycles. The van der Waals surface area contributed by atoms with Crippen molar-refractivity contribution in [1.82, 2.24) is 10.3 Å². The van der Waals surface area contributed by atoms with Crippen LogP contribution in [0.2, 0.25) is 0 Å². The van der Waals surface area contributed by atoms with Crippen LogP contribution in [0, 0.1) is 0 Å². The summed E-state index contributed by atoms with van der Waals surface area (Å²) < 4.78 is 0. The number of nitrogens with zero attached hydrogens (tertiary/aromatic N) is 1. The van der Waals surface area contributed by atoms with Crippen molar-refractivity contribution in [2.45, 2.75) is 12.6 Å². The lowest BCUT2D eigenvalue weighted by molar-refractivity contribution is 0.165. The van der Waals surface area contributed by atoms with Crippen LogP contribution in [0.1, 0.15) is 17.2 Å². The summed E-state index contributed by atoms with van der Waals surface area (Å²) in [4.78, 5) is 3.98.